The molecule has 2 saturated heterocycles. The Morgan fingerprint density at radius 2 is 1.96 bits per heavy atom. The number of benzene rings is 1. The molecule has 1 N–H and O–H groups in total. The average molecular weight is 338 g/mol. The summed E-state index contributed by atoms with van der Waals surface area (Å²) in [5, 5.41) is 0. The van der Waals surface area contributed by atoms with Crippen molar-refractivity contribution >= 4 is 5.91 Å². The van der Waals surface area contributed by atoms with Gasteiger partial charge in [0, 0.05) is 37.9 Å². The summed E-state index contributed by atoms with van der Waals surface area (Å²) in [5.41, 5.74) is 3.46. The van der Waals surface area contributed by atoms with Crippen LogP contribution in [-0.2, 0) is 11.3 Å². The standard InChI is InChI=1S/C20H26N4O/c1-15-18(22-14-21-15)13-24-10-8-20(9-11-24)12-17(19(25)23(20)2)16-6-4-3-5-7-16/h3-7,14,17H,8-13H2,1-2H3,(H,21,22)/t17-/m1/s1. The minimum absolute atomic E-state index is 0.0198. The Kier molecular flexibility index (Phi) is 4.12. The molecule has 1 atom stereocenters. The summed E-state index contributed by atoms with van der Waals surface area (Å²) in [6, 6.07) is 10.2. The van der Waals surface area contributed by atoms with E-state index in [1.165, 1.54) is 0 Å². The van der Waals surface area contributed by atoms with Crippen LogP contribution in [0.1, 0.15) is 42.1 Å². The molecule has 2 aliphatic rings. The van der Waals surface area contributed by atoms with Crippen molar-refractivity contribution in [3.63, 3.8) is 0 Å². The first-order chi connectivity index (χ1) is 12.1. The van der Waals surface area contributed by atoms with Gasteiger partial charge in [0.2, 0.25) is 5.91 Å². The van der Waals surface area contributed by atoms with Crippen LogP contribution in [0.2, 0.25) is 0 Å². The maximum atomic E-state index is 12.9. The summed E-state index contributed by atoms with van der Waals surface area (Å²) in [4.78, 5) is 24.9. The Balaban J connectivity index is 1.45. The molecule has 25 heavy (non-hydrogen) atoms. The predicted octanol–water partition coefficient (Wildman–Crippen LogP) is 2.70. The lowest BCUT2D eigenvalue weighted by atomic mass is 9.81. The Hall–Kier alpha value is -2.14. The molecule has 1 spiro atoms. The lowest BCUT2D eigenvalue weighted by Gasteiger charge is -2.43. The van der Waals surface area contributed by atoms with Crippen molar-refractivity contribution in [3.8, 4) is 0 Å². The number of aromatic nitrogens is 2. The van der Waals surface area contributed by atoms with E-state index in [0.717, 1.165) is 55.8 Å². The first kappa shape index (κ1) is 16.3. The number of rotatable bonds is 3. The zero-order chi connectivity index (χ0) is 17.4. The predicted molar refractivity (Wildman–Crippen MR) is 97.1 cm³/mol. The van der Waals surface area contributed by atoms with Crippen LogP contribution in [-0.4, -0.2) is 51.4 Å². The molecule has 5 nitrogen and oxygen atoms in total. The van der Waals surface area contributed by atoms with Crippen LogP contribution in [0.4, 0.5) is 0 Å². The normalized spacial score (nSPS) is 23.5. The monoisotopic (exact) mass is 338 g/mol. The second-order valence-electron chi connectivity index (χ2n) is 7.54. The number of nitrogens with zero attached hydrogens (tertiary/aromatic N) is 3. The molecule has 1 aromatic heterocycles. The lowest BCUT2D eigenvalue weighted by Crippen LogP contribution is -2.51. The van der Waals surface area contributed by atoms with E-state index in [4.69, 9.17) is 0 Å². The van der Waals surface area contributed by atoms with Crippen LogP contribution < -0.4 is 0 Å². The molecule has 1 aromatic carbocycles. The fourth-order valence-corrected chi connectivity index (χ4v) is 4.44. The number of hydrogen-bond acceptors (Lipinski definition) is 3. The topological polar surface area (TPSA) is 52.2 Å². The average Bonchev–Trinajstić information content (AvgIpc) is 3.15. The molecule has 3 heterocycles. The minimum atomic E-state index is 0.0198. The van der Waals surface area contributed by atoms with Gasteiger partial charge in [0.15, 0.2) is 0 Å². The van der Waals surface area contributed by atoms with Gasteiger partial charge in [0.25, 0.3) is 0 Å². The molecule has 0 radical (unpaired) electrons. The van der Waals surface area contributed by atoms with Gasteiger partial charge in [-0.3, -0.25) is 9.69 Å². The molecule has 1 amide bonds. The lowest BCUT2D eigenvalue weighted by molar-refractivity contribution is -0.131. The SMILES string of the molecule is Cc1[nH]cnc1CN1CCC2(CC1)C[C@H](c1ccccc1)C(=O)N2C. The molecule has 2 fully saturated rings. The van der Waals surface area contributed by atoms with E-state index in [1.807, 2.05) is 30.1 Å². The number of nitrogens with one attached hydrogen (secondary N) is 1. The van der Waals surface area contributed by atoms with Gasteiger partial charge in [0.1, 0.15) is 0 Å². The van der Waals surface area contributed by atoms with Gasteiger partial charge < -0.3 is 9.88 Å². The van der Waals surface area contributed by atoms with Gasteiger partial charge in [-0.25, -0.2) is 4.98 Å². The van der Waals surface area contributed by atoms with E-state index in [9.17, 15) is 4.79 Å². The van der Waals surface area contributed by atoms with Crippen LogP contribution >= 0.6 is 0 Å². The van der Waals surface area contributed by atoms with E-state index in [0.29, 0.717) is 0 Å². The number of hydrogen-bond donors (Lipinski definition) is 1. The second-order valence-corrected chi connectivity index (χ2v) is 7.54. The first-order valence-corrected chi connectivity index (χ1v) is 9.13. The van der Waals surface area contributed by atoms with Gasteiger partial charge in [0.05, 0.1) is 17.9 Å². The number of aryl methyl sites for hydroxylation is 1. The number of carbonyl (C=O) groups is 1. The van der Waals surface area contributed by atoms with Gasteiger partial charge >= 0.3 is 0 Å². The number of likely N-dealkylation sites (tertiary alicyclic amines) is 2. The van der Waals surface area contributed by atoms with E-state index in [1.54, 1.807) is 6.33 Å². The highest BCUT2D eigenvalue weighted by atomic mass is 16.2. The quantitative estimate of drug-likeness (QED) is 0.936. The summed E-state index contributed by atoms with van der Waals surface area (Å²) in [6.45, 7) is 5.00. The number of piperidine rings is 1. The molecule has 4 rings (SSSR count). The fraction of sp³-hybridized carbons (Fsp3) is 0.500. The Bertz CT molecular complexity index is 746. The van der Waals surface area contributed by atoms with Crippen molar-refractivity contribution in [3.05, 3.63) is 53.6 Å². The zero-order valence-electron chi connectivity index (χ0n) is 15.0. The summed E-state index contributed by atoms with van der Waals surface area (Å²) in [6.07, 6.45) is 4.80. The second kappa shape index (κ2) is 6.30. The largest absolute Gasteiger partial charge is 0.348 e. The van der Waals surface area contributed by atoms with Crippen LogP contribution in [0, 0.1) is 6.92 Å². The molecule has 2 aromatic rings. The van der Waals surface area contributed by atoms with E-state index >= 15 is 0 Å². The Morgan fingerprint density at radius 1 is 1.24 bits per heavy atom. The number of amides is 1. The number of carbonyl (C=O) groups excluding carboxylic acids is 1. The highest BCUT2D eigenvalue weighted by Crippen LogP contribution is 2.44. The molecule has 0 saturated carbocycles. The van der Waals surface area contributed by atoms with E-state index < -0.39 is 0 Å². The molecule has 0 bridgehead atoms. The maximum Gasteiger partial charge on any atom is 0.230 e. The van der Waals surface area contributed by atoms with Gasteiger partial charge in [-0.05, 0) is 31.7 Å². The van der Waals surface area contributed by atoms with Crippen molar-refractivity contribution in [2.75, 3.05) is 20.1 Å². The molecule has 5 heteroatoms. The van der Waals surface area contributed by atoms with Gasteiger partial charge in [-0.2, -0.15) is 0 Å². The van der Waals surface area contributed by atoms with E-state index in [2.05, 4.69) is 33.9 Å². The van der Waals surface area contributed by atoms with Crippen molar-refractivity contribution in [1.82, 2.24) is 19.8 Å². The minimum Gasteiger partial charge on any atom is -0.348 e. The first-order valence-electron chi connectivity index (χ1n) is 9.13. The van der Waals surface area contributed by atoms with Gasteiger partial charge in [-0.15, -0.1) is 0 Å². The molecular weight excluding hydrogens is 312 g/mol. The van der Waals surface area contributed by atoms with Crippen LogP contribution in [0.5, 0.6) is 0 Å². The summed E-state index contributed by atoms with van der Waals surface area (Å²) in [7, 11) is 2.00. The molecule has 132 valence electrons. The van der Waals surface area contributed by atoms with Crippen LogP contribution in [0.15, 0.2) is 36.7 Å². The third kappa shape index (κ3) is 2.86. The van der Waals surface area contributed by atoms with Crippen LogP contribution in [0.3, 0.4) is 0 Å². The van der Waals surface area contributed by atoms with Crippen molar-refractivity contribution in [2.45, 2.75) is 44.2 Å². The third-order valence-electron chi connectivity index (χ3n) is 6.22. The number of aromatic amines is 1. The molecule has 0 unspecified atom stereocenters. The number of imidazole rings is 1. The maximum absolute atomic E-state index is 12.9. The van der Waals surface area contributed by atoms with Crippen molar-refractivity contribution < 1.29 is 4.79 Å². The molecule has 0 aliphatic carbocycles. The summed E-state index contributed by atoms with van der Waals surface area (Å²) >= 11 is 0. The smallest absolute Gasteiger partial charge is 0.230 e. The Labute approximate surface area is 149 Å². The van der Waals surface area contributed by atoms with E-state index in [-0.39, 0.29) is 17.4 Å². The fourth-order valence-electron chi connectivity index (χ4n) is 4.44. The van der Waals surface area contributed by atoms with Crippen LogP contribution in [0.25, 0.3) is 0 Å². The van der Waals surface area contributed by atoms with Crippen molar-refractivity contribution in [2.24, 2.45) is 0 Å². The summed E-state index contributed by atoms with van der Waals surface area (Å²) < 4.78 is 0. The molecular formula is C20H26N4O. The summed E-state index contributed by atoms with van der Waals surface area (Å²) in [5.74, 6) is 0.300. The Morgan fingerprint density at radius 3 is 2.60 bits per heavy atom. The zero-order valence-corrected chi connectivity index (χ0v) is 15.0. The third-order valence-corrected chi connectivity index (χ3v) is 6.22. The highest BCUT2D eigenvalue weighted by molar-refractivity contribution is 5.87. The highest BCUT2D eigenvalue weighted by Gasteiger charge is 2.50. The van der Waals surface area contributed by atoms with Crippen molar-refractivity contribution in [1.29, 1.82) is 0 Å². The number of likely N-dealkylation sites (N-methyl/N-ethyl adjacent to an activating group) is 1. The van der Waals surface area contributed by atoms with Gasteiger partial charge in [-0.1, -0.05) is 30.3 Å². The molecule has 2 aliphatic heterocycles. The number of H-pyrrole nitrogens is 1.